The van der Waals surface area contributed by atoms with E-state index in [4.69, 9.17) is 4.42 Å². The van der Waals surface area contributed by atoms with Gasteiger partial charge < -0.3 is 18.8 Å². The number of amides is 1. The van der Waals surface area contributed by atoms with E-state index in [1.807, 2.05) is 49.9 Å². The molecule has 1 aliphatic rings. The molecule has 0 aliphatic carbocycles. The number of pyridine rings is 1. The number of piperazine rings is 1. The van der Waals surface area contributed by atoms with Crippen molar-refractivity contribution in [1.29, 1.82) is 0 Å². The smallest absolute Gasteiger partial charge is 0.357 e. The Balaban J connectivity index is 1.76. The zero-order valence-electron chi connectivity index (χ0n) is 18.4. The van der Waals surface area contributed by atoms with Gasteiger partial charge in [0, 0.05) is 38.1 Å². The highest BCUT2D eigenvalue weighted by molar-refractivity contribution is 5.97. The number of hydrogen-bond donors (Lipinski definition) is 0. The molecule has 9 heteroatoms. The number of aromatic nitrogens is 1. The quantitative estimate of drug-likeness (QED) is 0.456. The summed E-state index contributed by atoms with van der Waals surface area (Å²) in [4.78, 5) is 40.9. The molecule has 9 nitrogen and oxygen atoms in total. The van der Waals surface area contributed by atoms with Crippen molar-refractivity contribution in [3.63, 3.8) is 0 Å². The first-order valence-corrected chi connectivity index (χ1v) is 10.5. The van der Waals surface area contributed by atoms with Crippen LogP contribution in [-0.2, 0) is 6.54 Å². The minimum absolute atomic E-state index is 0.213. The first-order chi connectivity index (χ1) is 15.2. The van der Waals surface area contributed by atoms with Crippen LogP contribution in [0.2, 0.25) is 0 Å². The average Bonchev–Trinajstić information content (AvgIpc) is 3.29. The summed E-state index contributed by atoms with van der Waals surface area (Å²) in [6.07, 6.45) is 1.45. The van der Waals surface area contributed by atoms with E-state index < -0.39 is 16.2 Å². The molecular weight excluding hydrogens is 412 g/mol. The second kappa shape index (κ2) is 8.14. The van der Waals surface area contributed by atoms with Crippen LogP contribution in [0.5, 0.6) is 0 Å². The summed E-state index contributed by atoms with van der Waals surface area (Å²) in [5.74, 6) is 0.0502. The predicted octanol–water partition coefficient (Wildman–Crippen LogP) is 3.51. The molecule has 168 valence electrons. The third kappa shape index (κ3) is 3.98. The molecule has 4 rings (SSSR count). The molecular formula is C23H26N4O5. The molecule has 1 amide bonds. The average molecular weight is 438 g/mol. The van der Waals surface area contributed by atoms with E-state index in [0.717, 1.165) is 0 Å². The molecule has 1 aromatic carbocycles. The summed E-state index contributed by atoms with van der Waals surface area (Å²) >= 11 is 0. The van der Waals surface area contributed by atoms with Crippen molar-refractivity contribution in [1.82, 2.24) is 9.47 Å². The lowest BCUT2D eigenvalue weighted by atomic mass is 9.96. The van der Waals surface area contributed by atoms with Gasteiger partial charge in [0.15, 0.2) is 5.76 Å². The lowest BCUT2D eigenvalue weighted by molar-refractivity contribution is -0.385. The molecule has 32 heavy (non-hydrogen) atoms. The first-order valence-electron chi connectivity index (χ1n) is 10.5. The maximum Gasteiger partial charge on any atom is 0.357 e. The summed E-state index contributed by atoms with van der Waals surface area (Å²) in [6.45, 7) is 7.82. The van der Waals surface area contributed by atoms with Gasteiger partial charge in [-0.3, -0.25) is 19.7 Å². The molecule has 0 saturated carbocycles. The van der Waals surface area contributed by atoms with Gasteiger partial charge in [-0.25, -0.2) is 0 Å². The van der Waals surface area contributed by atoms with Gasteiger partial charge in [0.05, 0.1) is 16.7 Å². The van der Waals surface area contributed by atoms with Gasteiger partial charge in [0.25, 0.3) is 5.91 Å². The Bertz CT molecular complexity index is 1220. The molecule has 0 atom stereocenters. The number of nitrogens with zero attached hydrogens (tertiary/aromatic N) is 4. The topological polar surface area (TPSA) is 102 Å². The van der Waals surface area contributed by atoms with E-state index in [1.54, 1.807) is 17.0 Å². The fourth-order valence-electron chi connectivity index (χ4n) is 4.18. The predicted molar refractivity (Wildman–Crippen MR) is 121 cm³/mol. The number of hydrogen-bond acceptors (Lipinski definition) is 6. The summed E-state index contributed by atoms with van der Waals surface area (Å²) in [7, 11) is 0. The maximum absolute atomic E-state index is 13.3. The number of carbonyl (C=O) groups is 1. The van der Waals surface area contributed by atoms with Gasteiger partial charge in [-0.2, -0.15) is 0 Å². The Kier molecular flexibility index (Phi) is 5.50. The SMILES string of the molecule is CC(C)(C)Cn1c(=O)c([N+](=O)[O-])c(N2CCN(C(=O)c3ccco3)CC2)c2ccccc21. The van der Waals surface area contributed by atoms with Crippen LogP contribution in [0.3, 0.4) is 0 Å². The number of furan rings is 1. The van der Waals surface area contributed by atoms with E-state index in [2.05, 4.69) is 0 Å². The van der Waals surface area contributed by atoms with Crippen molar-refractivity contribution in [3.8, 4) is 0 Å². The molecule has 3 aromatic rings. The second-order valence-electron chi connectivity index (χ2n) is 9.18. The molecule has 0 bridgehead atoms. The number of nitro groups is 1. The standard InChI is InChI=1S/C23H26N4O5/c1-23(2,3)15-26-17-8-5-4-7-16(17)19(20(22(26)29)27(30)31)24-10-12-25(13-11-24)21(28)18-9-6-14-32-18/h4-9,14H,10-13,15H2,1-3H3. The number of para-hydroxylation sites is 1. The van der Waals surface area contributed by atoms with E-state index in [9.17, 15) is 19.7 Å². The van der Waals surface area contributed by atoms with Crippen LogP contribution >= 0.6 is 0 Å². The zero-order chi connectivity index (χ0) is 23.0. The van der Waals surface area contributed by atoms with Crippen molar-refractivity contribution < 1.29 is 14.1 Å². The molecule has 0 radical (unpaired) electrons. The van der Waals surface area contributed by atoms with Crippen LogP contribution in [0.15, 0.2) is 51.9 Å². The minimum atomic E-state index is -0.604. The number of benzene rings is 1. The van der Waals surface area contributed by atoms with Gasteiger partial charge in [0.1, 0.15) is 5.69 Å². The molecule has 2 aromatic heterocycles. The van der Waals surface area contributed by atoms with Crippen LogP contribution in [0.25, 0.3) is 10.9 Å². The molecule has 0 unspecified atom stereocenters. The van der Waals surface area contributed by atoms with Crippen molar-refractivity contribution in [2.45, 2.75) is 27.3 Å². The van der Waals surface area contributed by atoms with Crippen LogP contribution in [-0.4, -0.2) is 46.5 Å². The van der Waals surface area contributed by atoms with Gasteiger partial charge in [-0.05, 0) is 23.6 Å². The minimum Gasteiger partial charge on any atom is -0.459 e. The number of anilines is 1. The van der Waals surface area contributed by atoms with Crippen molar-refractivity contribution >= 4 is 28.2 Å². The Morgan fingerprint density at radius 3 is 2.38 bits per heavy atom. The highest BCUT2D eigenvalue weighted by Crippen LogP contribution is 2.35. The Hall–Kier alpha value is -3.62. The monoisotopic (exact) mass is 438 g/mol. The lowest BCUT2D eigenvalue weighted by Crippen LogP contribution is -2.49. The van der Waals surface area contributed by atoms with Gasteiger partial charge >= 0.3 is 11.2 Å². The van der Waals surface area contributed by atoms with Crippen molar-refractivity contribution in [2.24, 2.45) is 5.41 Å². The normalized spacial score (nSPS) is 14.7. The van der Waals surface area contributed by atoms with Crippen LogP contribution in [0, 0.1) is 15.5 Å². The lowest BCUT2D eigenvalue weighted by Gasteiger charge is -2.36. The largest absolute Gasteiger partial charge is 0.459 e. The summed E-state index contributed by atoms with van der Waals surface area (Å²) in [5.41, 5.74) is -0.265. The van der Waals surface area contributed by atoms with Crippen molar-refractivity contribution in [2.75, 3.05) is 31.1 Å². The summed E-state index contributed by atoms with van der Waals surface area (Å²) < 4.78 is 6.71. The van der Waals surface area contributed by atoms with Gasteiger partial charge in [-0.15, -0.1) is 0 Å². The number of fused-ring (bicyclic) bond motifs is 1. The highest BCUT2D eigenvalue weighted by Gasteiger charge is 2.33. The summed E-state index contributed by atoms with van der Waals surface area (Å²) in [5, 5.41) is 12.7. The molecule has 1 aliphatic heterocycles. The molecule has 3 heterocycles. The third-order valence-corrected chi connectivity index (χ3v) is 5.55. The highest BCUT2D eigenvalue weighted by atomic mass is 16.6. The molecule has 1 saturated heterocycles. The summed E-state index contributed by atoms with van der Waals surface area (Å²) in [6, 6.07) is 10.6. The number of carbonyl (C=O) groups excluding carboxylic acids is 1. The van der Waals surface area contributed by atoms with E-state index in [-0.39, 0.29) is 17.1 Å². The van der Waals surface area contributed by atoms with E-state index in [1.165, 1.54) is 10.8 Å². The Morgan fingerprint density at radius 2 is 1.78 bits per heavy atom. The van der Waals surface area contributed by atoms with Gasteiger partial charge in [-0.1, -0.05) is 39.0 Å². The Morgan fingerprint density at radius 1 is 1.09 bits per heavy atom. The molecule has 0 spiro atoms. The fourth-order valence-corrected chi connectivity index (χ4v) is 4.18. The Labute approximate surface area is 185 Å². The van der Waals surface area contributed by atoms with Crippen molar-refractivity contribution in [3.05, 3.63) is 68.9 Å². The second-order valence-corrected chi connectivity index (χ2v) is 9.18. The zero-order valence-corrected chi connectivity index (χ0v) is 18.4. The van der Waals surface area contributed by atoms with E-state index >= 15 is 0 Å². The maximum atomic E-state index is 13.3. The number of rotatable bonds is 4. The fraction of sp³-hybridized carbons (Fsp3) is 0.391. The molecule has 1 fully saturated rings. The third-order valence-electron chi connectivity index (χ3n) is 5.55. The van der Waals surface area contributed by atoms with E-state index in [0.29, 0.717) is 49.3 Å². The molecule has 0 N–H and O–H groups in total. The van der Waals surface area contributed by atoms with Crippen LogP contribution in [0.1, 0.15) is 31.3 Å². The van der Waals surface area contributed by atoms with Crippen LogP contribution < -0.4 is 10.5 Å². The van der Waals surface area contributed by atoms with Crippen LogP contribution in [0.4, 0.5) is 11.4 Å². The van der Waals surface area contributed by atoms with Gasteiger partial charge in [0.2, 0.25) is 0 Å². The first kappa shape index (κ1) is 21.6.